The van der Waals surface area contributed by atoms with Gasteiger partial charge in [0, 0.05) is 24.7 Å². The van der Waals surface area contributed by atoms with Crippen molar-refractivity contribution < 1.29 is 14.3 Å². The number of hydrogen-bond donors (Lipinski definition) is 1. The van der Waals surface area contributed by atoms with E-state index in [2.05, 4.69) is 5.32 Å². The van der Waals surface area contributed by atoms with Crippen LogP contribution in [0.4, 0.5) is 0 Å². The van der Waals surface area contributed by atoms with Gasteiger partial charge in [-0.2, -0.15) is 0 Å². The Labute approximate surface area is 131 Å². The maximum Gasteiger partial charge on any atom is 0.254 e. The zero-order valence-corrected chi connectivity index (χ0v) is 12.9. The number of fused-ring (bicyclic) bond motifs is 1. The molecule has 2 heterocycles. The summed E-state index contributed by atoms with van der Waals surface area (Å²) in [5, 5.41) is 3.16. The van der Waals surface area contributed by atoms with E-state index in [4.69, 9.17) is 9.47 Å². The van der Waals surface area contributed by atoms with Crippen molar-refractivity contribution in [3.8, 4) is 11.5 Å². The van der Waals surface area contributed by atoms with Crippen molar-refractivity contribution in [1.82, 2.24) is 10.2 Å². The van der Waals surface area contributed by atoms with Crippen molar-refractivity contribution in [3.63, 3.8) is 0 Å². The van der Waals surface area contributed by atoms with Gasteiger partial charge in [0.25, 0.3) is 5.91 Å². The highest BCUT2D eigenvalue weighted by Crippen LogP contribution is 2.31. The van der Waals surface area contributed by atoms with Gasteiger partial charge in [0.05, 0.1) is 0 Å². The molecule has 1 aromatic rings. The van der Waals surface area contributed by atoms with Crippen LogP contribution in [0.25, 0.3) is 0 Å². The maximum atomic E-state index is 12.6. The Morgan fingerprint density at radius 1 is 1.33 bits per heavy atom. The highest BCUT2D eigenvalue weighted by Gasteiger charge is 2.29. The minimum Gasteiger partial charge on any atom is -0.486 e. The van der Waals surface area contributed by atoms with Crippen molar-refractivity contribution >= 4 is 18.3 Å². The van der Waals surface area contributed by atoms with Gasteiger partial charge in [0.2, 0.25) is 0 Å². The van der Waals surface area contributed by atoms with Gasteiger partial charge in [-0.25, -0.2) is 0 Å². The SMILES string of the molecule is CNCC1CCCN1C(=O)c1ccc2c(c1)OCCO2.Cl. The first kappa shape index (κ1) is 15.9. The molecule has 21 heavy (non-hydrogen) atoms. The smallest absolute Gasteiger partial charge is 0.254 e. The van der Waals surface area contributed by atoms with Gasteiger partial charge in [-0.05, 0) is 38.1 Å². The number of ether oxygens (including phenoxy) is 2. The topological polar surface area (TPSA) is 50.8 Å². The average molecular weight is 313 g/mol. The number of carbonyl (C=O) groups excluding carboxylic acids is 1. The molecule has 3 rings (SSSR count). The molecular formula is C15H21ClN2O3. The molecule has 1 amide bonds. The summed E-state index contributed by atoms with van der Waals surface area (Å²) in [7, 11) is 1.92. The normalized spacial score (nSPS) is 20.0. The largest absolute Gasteiger partial charge is 0.486 e. The summed E-state index contributed by atoms with van der Waals surface area (Å²) in [5.74, 6) is 1.48. The van der Waals surface area contributed by atoms with Gasteiger partial charge in [-0.1, -0.05) is 0 Å². The molecule has 1 atom stereocenters. The molecule has 0 spiro atoms. The summed E-state index contributed by atoms with van der Waals surface area (Å²) >= 11 is 0. The molecule has 1 unspecified atom stereocenters. The third kappa shape index (κ3) is 3.24. The van der Waals surface area contributed by atoms with E-state index in [-0.39, 0.29) is 18.3 Å². The molecule has 116 valence electrons. The Bertz CT molecular complexity index is 510. The van der Waals surface area contributed by atoms with Crippen LogP contribution in [0.2, 0.25) is 0 Å². The number of rotatable bonds is 3. The van der Waals surface area contributed by atoms with Crippen LogP contribution in [0.5, 0.6) is 11.5 Å². The van der Waals surface area contributed by atoms with Gasteiger partial charge < -0.3 is 19.7 Å². The molecule has 2 aliphatic rings. The molecule has 0 aliphatic carbocycles. The van der Waals surface area contributed by atoms with Gasteiger partial charge in [0.15, 0.2) is 11.5 Å². The van der Waals surface area contributed by atoms with E-state index >= 15 is 0 Å². The van der Waals surface area contributed by atoms with E-state index in [1.54, 1.807) is 6.07 Å². The molecule has 1 aromatic carbocycles. The number of likely N-dealkylation sites (N-methyl/N-ethyl adjacent to an activating group) is 1. The monoisotopic (exact) mass is 312 g/mol. The summed E-state index contributed by atoms with van der Waals surface area (Å²) in [4.78, 5) is 14.6. The minimum absolute atomic E-state index is 0. The lowest BCUT2D eigenvalue weighted by atomic mass is 10.1. The second-order valence-electron chi connectivity index (χ2n) is 5.21. The van der Waals surface area contributed by atoms with Gasteiger partial charge in [-0.3, -0.25) is 4.79 Å². The number of amides is 1. The molecule has 0 bridgehead atoms. The van der Waals surface area contributed by atoms with E-state index in [1.165, 1.54) is 0 Å². The molecule has 0 radical (unpaired) electrons. The number of hydrogen-bond acceptors (Lipinski definition) is 4. The molecule has 1 fully saturated rings. The van der Waals surface area contributed by atoms with Crippen LogP contribution >= 0.6 is 12.4 Å². The summed E-state index contributed by atoms with van der Waals surface area (Å²) < 4.78 is 11.0. The molecular weight excluding hydrogens is 292 g/mol. The Morgan fingerprint density at radius 2 is 2.10 bits per heavy atom. The van der Waals surface area contributed by atoms with Gasteiger partial charge in [-0.15, -0.1) is 12.4 Å². The van der Waals surface area contributed by atoms with E-state index in [9.17, 15) is 4.79 Å². The predicted molar refractivity (Wildman–Crippen MR) is 82.7 cm³/mol. The standard InChI is InChI=1S/C15H20N2O3.ClH/c1-16-10-12-3-2-6-17(12)15(18)11-4-5-13-14(9-11)20-8-7-19-13;/h4-5,9,12,16H,2-3,6-8,10H2,1H3;1H. The van der Waals surface area contributed by atoms with E-state index in [1.807, 2.05) is 24.1 Å². The second kappa shape index (κ2) is 7.00. The lowest BCUT2D eigenvalue weighted by Gasteiger charge is -2.25. The van der Waals surface area contributed by atoms with Crippen LogP contribution in [-0.4, -0.2) is 50.2 Å². The Morgan fingerprint density at radius 3 is 2.86 bits per heavy atom. The number of carbonyl (C=O) groups is 1. The molecule has 0 saturated carbocycles. The molecule has 0 aromatic heterocycles. The zero-order valence-electron chi connectivity index (χ0n) is 12.1. The number of benzene rings is 1. The number of nitrogens with zero attached hydrogens (tertiary/aromatic N) is 1. The third-order valence-electron chi connectivity index (χ3n) is 3.87. The zero-order chi connectivity index (χ0) is 13.9. The quantitative estimate of drug-likeness (QED) is 0.923. The Balaban J connectivity index is 0.00000161. The van der Waals surface area contributed by atoms with Crippen LogP contribution in [0.1, 0.15) is 23.2 Å². The molecule has 1 N–H and O–H groups in total. The fourth-order valence-electron chi connectivity index (χ4n) is 2.89. The van der Waals surface area contributed by atoms with Crippen molar-refractivity contribution in [2.45, 2.75) is 18.9 Å². The van der Waals surface area contributed by atoms with E-state index in [0.29, 0.717) is 30.6 Å². The van der Waals surface area contributed by atoms with Crippen LogP contribution in [0.3, 0.4) is 0 Å². The predicted octanol–water partition coefficient (Wildman–Crippen LogP) is 1.70. The Hall–Kier alpha value is -1.46. The van der Waals surface area contributed by atoms with Crippen LogP contribution in [-0.2, 0) is 0 Å². The first-order chi connectivity index (χ1) is 9.79. The summed E-state index contributed by atoms with van der Waals surface area (Å²) in [6, 6.07) is 5.74. The van der Waals surface area contributed by atoms with Crippen molar-refractivity contribution in [3.05, 3.63) is 23.8 Å². The molecule has 2 aliphatic heterocycles. The van der Waals surface area contributed by atoms with Gasteiger partial charge >= 0.3 is 0 Å². The average Bonchev–Trinajstić information content (AvgIpc) is 2.94. The summed E-state index contributed by atoms with van der Waals surface area (Å²) in [6.45, 7) is 2.78. The molecule has 6 heteroatoms. The number of nitrogens with one attached hydrogen (secondary N) is 1. The highest BCUT2D eigenvalue weighted by atomic mass is 35.5. The maximum absolute atomic E-state index is 12.6. The third-order valence-corrected chi connectivity index (χ3v) is 3.87. The van der Waals surface area contributed by atoms with Crippen molar-refractivity contribution in [1.29, 1.82) is 0 Å². The summed E-state index contributed by atoms with van der Waals surface area (Å²) in [6.07, 6.45) is 2.14. The lowest BCUT2D eigenvalue weighted by molar-refractivity contribution is 0.0736. The fraction of sp³-hybridized carbons (Fsp3) is 0.533. The van der Waals surface area contributed by atoms with Crippen LogP contribution in [0.15, 0.2) is 18.2 Å². The minimum atomic E-state index is 0. The molecule has 5 nitrogen and oxygen atoms in total. The fourth-order valence-corrected chi connectivity index (χ4v) is 2.89. The summed E-state index contributed by atoms with van der Waals surface area (Å²) in [5.41, 5.74) is 0.678. The highest BCUT2D eigenvalue weighted by molar-refractivity contribution is 5.95. The first-order valence-corrected chi connectivity index (χ1v) is 7.15. The van der Waals surface area contributed by atoms with Gasteiger partial charge in [0.1, 0.15) is 13.2 Å². The lowest BCUT2D eigenvalue weighted by Crippen LogP contribution is -2.40. The van der Waals surface area contributed by atoms with Crippen LogP contribution in [0, 0.1) is 0 Å². The number of likely N-dealkylation sites (tertiary alicyclic amines) is 1. The van der Waals surface area contributed by atoms with Crippen molar-refractivity contribution in [2.75, 3.05) is 33.4 Å². The second-order valence-corrected chi connectivity index (χ2v) is 5.21. The van der Waals surface area contributed by atoms with Crippen LogP contribution < -0.4 is 14.8 Å². The number of halogens is 1. The van der Waals surface area contributed by atoms with E-state index in [0.717, 1.165) is 31.7 Å². The van der Waals surface area contributed by atoms with Crippen molar-refractivity contribution in [2.24, 2.45) is 0 Å². The Kier molecular flexibility index (Phi) is 5.31. The first-order valence-electron chi connectivity index (χ1n) is 7.15. The molecule has 1 saturated heterocycles. The van der Waals surface area contributed by atoms with E-state index < -0.39 is 0 Å².